The molecule has 5 heterocycles. The number of carbonyl (C=O) groups is 6. The number of carbonyl (C=O) groups excluding carboxylic acids is 6. The molecular weight excluding hydrogens is 749 g/mol. The average Bonchev–Trinajstić information content (AvgIpc) is 3.94. The van der Waals surface area contributed by atoms with Gasteiger partial charge in [-0.05, 0) is 49.4 Å². The van der Waals surface area contributed by atoms with E-state index in [1.54, 1.807) is 35.4 Å². The first-order chi connectivity index (χ1) is 27.2. The van der Waals surface area contributed by atoms with Crippen molar-refractivity contribution in [2.24, 2.45) is 5.92 Å². The average molecular weight is 797 g/mol. The van der Waals surface area contributed by atoms with E-state index in [-0.39, 0.29) is 49.9 Å². The number of pyridine rings is 1. The van der Waals surface area contributed by atoms with Crippen molar-refractivity contribution >= 4 is 63.3 Å². The van der Waals surface area contributed by atoms with Crippen LogP contribution in [0.25, 0.3) is 16.6 Å². The standard InChI is InChI=1S/C40H48N10O6S/c1-23(2)16-29-37-46-32(22-57-37)36(53)45-30(17-26-18-41-28-12-8-7-11-27(26)28)39(55)48(6)20-33(51)42-25(4)38(54)47(5)14-15-50(21-34(52)43-29)40(56)31-19-49-13-9-10-24(3)35(49)44-31/h7-13,18-19,22-23,25,29-30,41H,14-17,20-21H2,1-6H3,(H,42,51)(H,43,52)(H,45,53)/t25-,29-,30+/m0/s1. The fraction of sp³-hybridized carbons (Fsp3) is 0.400. The fourth-order valence-electron chi connectivity index (χ4n) is 6.90. The number of rotatable bonds is 5. The molecule has 1 aromatic carbocycles. The highest BCUT2D eigenvalue weighted by Gasteiger charge is 2.31. The number of hydrogen-bond acceptors (Lipinski definition) is 9. The van der Waals surface area contributed by atoms with E-state index in [9.17, 15) is 28.8 Å². The fourth-order valence-corrected chi connectivity index (χ4v) is 7.76. The molecule has 4 N–H and O–H groups in total. The molecule has 0 fully saturated rings. The van der Waals surface area contributed by atoms with E-state index in [0.29, 0.717) is 17.1 Å². The van der Waals surface area contributed by atoms with Gasteiger partial charge in [-0.15, -0.1) is 11.3 Å². The molecule has 4 aromatic heterocycles. The molecule has 1 aliphatic heterocycles. The van der Waals surface area contributed by atoms with Crippen LogP contribution in [0.3, 0.4) is 0 Å². The normalized spacial score (nSPS) is 19.8. The van der Waals surface area contributed by atoms with Crippen LogP contribution in [-0.2, 0) is 25.6 Å². The van der Waals surface area contributed by atoms with Crippen LogP contribution in [-0.4, -0.2) is 122 Å². The summed E-state index contributed by atoms with van der Waals surface area (Å²) in [5.74, 6) is -2.99. The molecule has 0 radical (unpaired) electrons. The summed E-state index contributed by atoms with van der Waals surface area (Å²) >= 11 is 1.20. The Bertz CT molecular complexity index is 2310. The third-order valence-corrected chi connectivity index (χ3v) is 10.9. The highest BCUT2D eigenvalue weighted by molar-refractivity contribution is 7.09. The number of aromatic amines is 1. The molecule has 0 spiro atoms. The number of imidazole rings is 1. The van der Waals surface area contributed by atoms with Gasteiger partial charge in [-0.1, -0.05) is 38.1 Å². The summed E-state index contributed by atoms with van der Waals surface area (Å²) < 4.78 is 1.74. The number of para-hydroxylation sites is 1. The van der Waals surface area contributed by atoms with E-state index in [4.69, 9.17) is 0 Å². The maximum atomic E-state index is 14.0. The Hall–Kier alpha value is -6.10. The number of fused-ring (bicyclic) bond motifs is 4. The van der Waals surface area contributed by atoms with E-state index in [2.05, 4.69) is 30.9 Å². The molecule has 0 saturated heterocycles. The van der Waals surface area contributed by atoms with Crippen LogP contribution in [0.5, 0.6) is 0 Å². The van der Waals surface area contributed by atoms with Crippen LogP contribution in [0.15, 0.2) is 60.4 Å². The lowest BCUT2D eigenvalue weighted by Crippen LogP contribution is -2.53. The maximum Gasteiger partial charge on any atom is 0.274 e. The molecule has 6 rings (SSSR count). The van der Waals surface area contributed by atoms with Gasteiger partial charge in [0, 0.05) is 68.5 Å². The second-order valence-electron chi connectivity index (χ2n) is 14.9. The zero-order valence-corrected chi connectivity index (χ0v) is 33.7. The number of amides is 6. The highest BCUT2D eigenvalue weighted by atomic mass is 32.1. The van der Waals surface area contributed by atoms with Crippen LogP contribution in [0.1, 0.15) is 70.3 Å². The second kappa shape index (κ2) is 17.4. The summed E-state index contributed by atoms with van der Waals surface area (Å²) in [6, 6.07) is 8.67. The molecule has 1 aliphatic rings. The van der Waals surface area contributed by atoms with Gasteiger partial charge in [0.1, 0.15) is 34.1 Å². The lowest BCUT2D eigenvalue weighted by atomic mass is 10.0. The molecule has 0 saturated carbocycles. The van der Waals surface area contributed by atoms with Crippen LogP contribution in [0.2, 0.25) is 0 Å². The number of aromatic nitrogens is 4. The van der Waals surface area contributed by atoms with Crippen LogP contribution in [0.4, 0.5) is 0 Å². The summed E-state index contributed by atoms with van der Waals surface area (Å²) in [5, 5.41) is 11.5. The lowest BCUT2D eigenvalue weighted by molar-refractivity contribution is -0.138. The Morgan fingerprint density at radius 1 is 0.895 bits per heavy atom. The number of benzene rings is 1. The SMILES string of the molecule is Cc1cccn2cc(C(=O)N3CCN(C)C(=O)[C@H](C)NC(=O)CN(C)C(=O)[C@@H](Cc4c[nH]c5ccccc45)NC(=O)c4csc(n4)[C@H](CC(C)C)NC(=O)C3)nc12. The molecular formula is C40H48N10O6S. The van der Waals surface area contributed by atoms with Crippen LogP contribution < -0.4 is 16.0 Å². The van der Waals surface area contributed by atoms with Gasteiger partial charge in [-0.25, -0.2) is 9.97 Å². The first-order valence-corrected chi connectivity index (χ1v) is 19.7. The number of H-pyrrole nitrogens is 1. The zero-order valence-electron chi connectivity index (χ0n) is 32.9. The Morgan fingerprint density at radius 2 is 1.65 bits per heavy atom. The Morgan fingerprint density at radius 3 is 2.40 bits per heavy atom. The number of hydrogen-bond donors (Lipinski definition) is 4. The molecule has 57 heavy (non-hydrogen) atoms. The van der Waals surface area contributed by atoms with E-state index < -0.39 is 53.6 Å². The summed E-state index contributed by atoms with van der Waals surface area (Å²) in [5.41, 5.74) is 3.32. The third-order valence-electron chi connectivity index (χ3n) is 9.90. The van der Waals surface area contributed by atoms with Crippen LogP contribution in [0, 0.1) is 12.8 Å². The Kier molecular flexibility index (Phi) is 12.4. The van der Waals surface area contributed by atoms with E-state index in [1.807, 2.05) is 57.2 Å². The lowest BCUT2D eigenvalue weighted by Gasteiger charge is -2.28. The van der Waals surface area contributed by atoms with Gasteiger partial charge in [0.05, 0.1) is 19.1 Å². The molecule has 16 nitrogen and oxygen atoms in total. The molecule has 5 aromatic rings. The third kappa shape index (κ3) is 9.48. The van der Waals surface area contributed by atoms with Gasteiger partial charge in [0.15, 0.2) is 0 Å². The van der Waals surface area contributed by atoms with Gasteiger partial charge >= 0.3 is 0 Å². The van der Waals surface area contributed by atoms with Crippen LogP contribution >= 0.6 is 11.3 Å². The predicted molar refractivity (Wildman–Crippen MR) is 214 cm³/mol. The second-order valence-corrected chi connectivity index (χ2v) is 15.8. The van der Waals surface area contributed by atoms with Gasteiger partial charge in [0.2, 0.25) is 23.6 Å². The first-order valence-electron chi connectivity index (χ1n) is 18.8. The van der Waals surface area contributed by atoms with Crippen molar-refractivity contribution in [3.05, 3.63) is 87.9 Å². The first kappa shape index (κ1) is 40.6. The zero-order chi connectivity index (χ0) is 41.0. The summed E-state index contributed by atoms with van der Waals surface area (Å²) in [7, 11) is 3.00. The molecule has 0 aliphatic carbocycles. The summed E-state index contributed by atoms with van der Waals surface area (Å²) in [6.07, 6.45) is 5.77. The van der Waals surface area contributed by atoms with Gasteiger partial charge in [-0.3, -0.25) is 28.8 Å². The van der Waals surface area contributed by atoms with E-state index in [1.165, 1.54) is 40.0 Å². The minimum atomic E-state index is -1.08. The number of nitrogens with one attached hydrogen (secondary N) is 4. The van der Waals surface area contributed by atoms with Gasteiger partial charge in [-0.2, -0.15) is 0 Å². The van der Waals surface area contributed by atoms with E-state index in [0.717, 1.165) is 22.0 Å². The number of thiazole rings is 1. The molecule has 300 valence electrons. The van der Waals surface area contributed by atoms with Crippen molar-refractivity contribution in [1.82, 2.24) is 50.0 Å². The highest BCUT2D eigenvalue weighted by Crippen LogP contribution is 2.26. The van der Waals surface area contributed by atoms with Crippen molar-refractivity contribution in [1.29, 1.82) is 0 Å². The smallest absolute Gasteiger partial charge is 0.274 e. The number of nitrogens with zero attached hydrogens (tertiary/aromatic N) is 6. The maximum absolute atomic E-state index is 14.0. The number of aryl methyl sites for hydroxylation is 1. The molecule has 17 heteroatoms. The van der Waals surface area contributed by atoms with Crippen molar-refractivity contribution < 1.29 is 28.8 Å². The Balaban J connectivity index is 1.31. The molecule has 0 unspecified atom stereocenters. The van der Waals surface area contributed by atoms with Crippen molar-refractivity contribution in [3.63, 3.8) is 0 Å². The molecule has 3 atom stereocenters. The van der Waals surface area contributed by atoms with Crippen molar-refractivity contribution in [3.8, 4) is 0 Å². The predicted octanol–water partition coefficient (Wildman–Crippen LogP) is 2.70. The van der Waals surface area contributed by atoms with Gasteiger partial charge < -0.3 is 40.0 Å². The monoisotopic (exact) mass is 796 g/mol. The van der Waals surface area contributed by atoms with E-state index >= 15 is 0 Å². The Labute approximate surface area is 334 Å². The summed E-state index contributed by atoms with van der Waals surface area (Å²) in [4.78, 5) is 98.6. The van der Waals surface area contributed by atoms with Crippen molar-refractivity contribution in [2.75, 3.05) is 40.3 Å². The topological polar surface area (TPSA) is 194 Å². The summed E-state index contributed by atoms with van der Waals surface area (Å²) in [6.45, 7) is 6.70. The minimum absolute atomic E-state index is 0.0203. The number of likely N-dealkylation sites (N-methyl/N-ethyl adjacent to an activating group) is 2. The quantitative estimate of drug-likeness (QED) is 0.209. The molecule has 6 amide bonds. The minimum Gasteiger partial charge on any atom is -0.361 e. The van der Waals surface area contributed by atoms with Gasteiger partial charge in [0.25, 0.3) is 11.8 Å². The molecule has 2 bridgehead atoms. The largest absolute Gasteiger partial charge is 0.361 e. The van der Waals surface area contributed by atoms with Crippen molar-refractivity contribution in [2.45, 2.75) is 58.7 Å².